The fourth-order valence-corrected chi connectivity index (χ4v) is 5.11. The zero-order chi connectivity index (χ0) is 15.8. The minimum Gasteiger partial charge on any atom is -0.374 e. The molecule has 0 aromatic rings. The van der Waals surface area contributed by atoms with Crippen molar-refractivity contribution in [2.24, 2.45) is 11.3 Å². The Morgan fingerprint density at radius 1 is 1.36 bits per heavy atom. The first-order chi connectivity index (χ1) is 10.3. The van der Waals surface area contributed by atoms with Gasteiger partial charge in [0, 0.05) is 29.8 Å². The molecular formula is C17H19ClN2O2. The maximum absolute atomic E-state index is 12.7. The van der Waals surface area contributed by atoms with E-state index >= 15 is 0 Å². The van der Waals surface area contributed by atoms with Crippen LogP contribution < -0.4 is 5.32 Å². The Bertz CT molecular complexity index is 718. The van der Waals surface area contributed by atoms with Gasteiger partial charge in [-0.1, -0.05) is 25.4 Å². The van der Waals surface area contributed by atoms with Crippen LogP contribution in [0.3, 0.4) is 0 Å². The third-order valence-electron chi connectivity index (χ3n) is 6.17. The fraction of sp³-hybridized carbons (Fsp3) is 0.529. The fourth-order valence-electron chi connectivity index (χ4n) is 4.80. The van der Waals surface area contributed by atoms with Gasteiger partial charge < -0.3 is 10.2 Å². The average molecular weight is 319 g/mol. The maximum Gasteiger partial charge on any atom is 0.297 e. The first kappa shape index (κ1) is 14.1. The molecule has 1 amide bonds. The van der Waals surface area contributed by atoms with E-state index in [4.69, 9.17) is 11.6 Å². The Kier molecular flexibility index (Phi) is 2.72. The standard InChI is InChI=1S/C17H19ClN2O2/c1-8-12-6-9-11(20(12)3)5-4-10-14(9)15(21)16(22)19-13(18)7-17(8,10)2/h7-8,12H,4-6H2,1-3H3,(H,19,22)/b13-7-. The molecule has 0 fully saturated rings. The van der Waals surface area contributed by atoms with Crippen molar-refractivity contribution in [2.75, 3.05) is 7.05 Å². The van der Waals surface area contributed by atoms with Gasteiger partial charge in [-0.05, 0) is 42.4 Å². The summed E-state index contributed by atoms with van der Waals surface area (Å²) in [5.74, 6) is -0.734. The molecule has 4 aliphatic rings. The smallest absolute Gasteiger partial charge is 0.297 e. The van der Waals surface area contributed by atoms with Gasteiger partial charge in [0.2, 0.25) is 0 Å². The van der Waals surface area contributed by atoms with Crippen molar-refractivity contribution in [3.63, 3.8) is 0 Å². The lowest BCUT2D eigenvalue weighted by Gasteiger charge is -2.46. The maximum atomic E-state index is 12.7. The summed E-state index contributed by atoms with van der Waals surface area (Å²) in [6, 6.07) is 0.351. The van der Waals surface area contributed by atoms with Crippen LogP contribution in [-0.2, 0) is 9.59 Å². The first-order valence-corrected chi connectivity index (χ1v) is 8.15. The molecule has 0 saturated carbocycles. The molecule has 0 aromatic carbocycles. The highest BCUT2D eigenvalue weighted by Gasteiger charge is 2.52. The molecule has 4 nitrogen and oxygen atoms in total. The van der Waals surface area contributed by atoms with Crippen molar-refractivity contribution in [3.05, 3.63) is 33.6 Å². The molecule has 116 valence electrons. The summed E-state index contributed by atoms with van der Waals surface area (Å²) in [5.41, 5.74) is 3.81. The average Bonchev–Trinajstić information content (AvgIpc) is 2.77. The van der Waals surface area contributed by atoms with E-state index in [1.165, 1.54) is 5.70 Å². The largest absolute Gasteiger partial charge is 0.374 e. The van der Waals surface area contributed by atoms with Crippen LogP contribution >= 0.6 is 11.6 Å². The van der Waals surface area contributed by atoms with Gasteiger partial charge in [0.05, 0.1) is 0 Å². The van der Waals surface area contributed by atoms with Crippen LogP contribution in [0.25, 0.3) is 0 Å². The first-order valence-electron chi connectivity index (χ1n) is 7.77. The Balaban J connectivity index is 2.07. The van der Waals surface area contributed by atoms with E-state index < -0.39 is 11.7 Å². The summed E-state index contributed by atoms with van der Waals surface area (Å²) in [5, 5.41) is 2.79. The number of likely N-dealkylation sites (tertiary alicyclic amines) is 1. The Morgan fingerprint density at radius 3 is 2.82 bits per heavy atom. The third-order valence-corrected chi connectivity index (χ3v) is 6.37. The summed E-state index contributed by atoms with van der Waals surface area (Å²) < 4.78 is 0. The van der Waals surface area contributed by atoms with E-state index in [2.05, 4.69) is 31.1 Å². The molecule has 3 unspecified atom stereocenters. The number of hydrogen-bond acceptors (Lipinski definition) is 3. The number of halogens is 1. The van der Waals surface area contributed by atoms with E-state index in [0.717, 1.165) is 30.4 Å². The number of hydrogen-bond donors (Lipinski definition) is 1. The highest BCUT2D eigenvalue weighted by atomic mass is 35.5. The zero-order valence-corrected chi connectivity index (χ0v) is 13.8. The lowest BCUT2D eigenvalue weighted by atomic mass is 9.65. The molecular weight excluding hydrogens is 300 g/mol. The minimum absolute atomic E-state index is 0.263. The number of carbonyl (C=O) groups excluding carboxylic acids is 2. The molecule has 2 aliphatic carbocycles. The topological polar surface area (TPSA) is 49.4 Å². The summed E-state index contributed by atoms with van der Waals surface area (Å²) in [6.07, 6.45) is 4.57. The van der Waals surface area contributed by atoms with Gasteiger partial charge >= 0.3 is 0 Å². The molecule has 2 aliphatic heterocycles. The van der Waals surface area contributed by atoms with Crippen molar-refractivity contribution in [2.45, 2.75) is 39.2 Å². The van der Waals surface area contributed by atoms with Crippen LogP contribution in [0.2, 0.25) is 0 Å². The molecule has 5 bridgehead atoms. The predicted octanol–water partition coefficient (Wildman–Crippen LogP) is 2.47. The van der Waals surface area contributed by atoms with Crippen LogP contribution in [0.15, 0.2) is 33.6 Å². The Morgan fingerprint density at radius 2 is 2.09 bits per heavy atom. The number of nitrogens with one attached hydrogen (secondary N) is 1. The summed E-state index contributed by atoms with van der Waals surface area (Å²) in [4.78, 5) is 27.2. The van der Waals surface area contributed by atoms with Gasteiger partial charge in [-0.25, -0.2) is 0 Å². The number of allylic oxidation sites excluding steroid dienone is 3. The van der Waals surface area contributed by atoms with Crippen LogP contribution in [0.1, 0.15) is 33.1 Å². The van der Waals surface area contributed by atoms with E-state index in [0.29, 0.717) is 17.5 Å². The van der Waals surface area contributed by atoms with Gasteiger partial charge in [0.15, 0.2) is 0 Å². The Labute approximate surface area is 134 Å². The van der Waals surface area contributed by atoms with Gasteiger partial charge in [0.1, 0.15) is 5.16 Å². The highest BCUT2D eigenvalue weighted by Crippen LogP contribution is 2.57. The van der Waals surface area contributed by atoms with Gasteiger partial charge in [-0.2, -0.15) is 0 Å². The highest BCUT2D eigenvalue weighted by molar-refractivity contribution is 6.46. The number of nitrogens with zero attached hydrogens (tertiary/aromatic N) is 1. The van der Waals surface area contributed by atoms with Gasteiger partial charge in [0.25, 0.3) is 11.7 Å². The summed E-state index contributed by atoms with van der Waals surface area (Å²) in [7, 11) is 2.11. The minimum atomic E-state index is -0.620. The number of amides is 1. The van der Waals surface area contributed by atoms with Crippen molar-refractivity contribution in [3.8, 4) is 0 Å². The number of rotatable bonds is 0. The lowest BCUT2D eigenvalue weighted by Crippen LogP contribution is -2.45. The molecule has 3 atom stereocenters. The third kappa shape index (κ3) is 1.54. The second-order valence-corrected chi connectivity index (χ2v) is 7.42. The van der Waals surface area contributed by atoms with Crippen molar-refractivity contribution in [1.82, 2.24) is 10.2 Å². The van der Waals surface area contributed by atoms with Crippen molar-refractivity contribution in [1.29, 1.82) is 0 Å². The van der Waals surface area contributed by atoms with E-state index in [-0.39, 0.29) is 10.6 Å². The van der Waals surface area contributed by atoms with Crippen LogP contribution in [0.5, 0.6) is 0 Å². The van der Waals surface area contributed by atoms with Crippen LogP contribution in [-0.4, -0.2) is 29.7 Å². The SMILES string of the molecule is CC1C2CC3=C(CCC4=C3C(=O)C(=O)N/C(Cl)=C\C41C)N2C. The zero-order valence-electron chi connectivity index (χ0n) is 13.0. The molecule has 0 aromatic heterocycles. The molecule has 4 rings (SSSR count). The molecule has 0 radical (unpaired) electrons. The number of carbonyl (C=O) groups is 2. The van der Waals surface area contributed by atoms with Gasteiger partial charge in [-0.3, -0.25) is 9.59 Å². The van der Waals surface area contributed by atoms with Crippen LogP contribution in [0, 0.1) is 11.3 Å². The van der Waals surface area contributed by atoms with Gasteiger partial charge in [-0.15, -0.1) is 0 Å². The second kappa shape index (κ2) is 4.25. The number of ketones is 1. The van der Waals surface area contributed by atoms with E-state index in [1.807, 2.05) is 6.08 Å². The number of Topliss-reactive ketones (excluding diaryl/α,β-unsaturated/α-hetero) is 1. The molecule has 5 heteroatoms. The van der Waals surface area contributed by atoms with Crippen molar-refractivity contribution < 1.29 is 9.59 Å². The summed E-state index contributed by atoms with van der Waals surface area (Å²) >= 11 is 6.21. The molecule has 22 heavy (non-hydrogen) atoms. The molecule has 2 heterocycles. The normalized spacial score (nSPS) is 39.5. The predicted molar refractivity (Wildman–Crippen MR) is 83.8 cm³/mol. The van der Waals surface area contributed by atoms with Crippen LogP contribution in [0.4, 0.5) is 0 Å². The summed E-state index contributed by atoms with van der Waals surface area (Å²) in [6.45, 7) is 4.38. The number of fused-ring (bicyclic) bond motifs is 1. The molecule has 0 spiro atoms. The van der Waals surface area contributed by atoms with Crippen molar-refractivity contribution >= 4 is 23.3 Å². The molecule has 1 N–H and O–H groups in total. The Hall–Kier alpha value is -1.55. The second-order valence-electron chi connectivity index (χ2n) is 7.01. The quantitative estimate of drug-likeness (QED) is 0.551. The monoisotopic (exact) mass is 318 g/mol. The van der Waals surface area contributed by atoms with E-state index in [1.54, 1.807) is 0 Å². The molecule has 0 saturated heterocycles. The lowest BCUT2D eigenvalue weighted by molar-refractivity contribution is -0.135. The van der Waals surface area contributed by atoms with E-state index in [9.17, 15) is 9.59 Å².